The van der Waals surface area contributed by atoms with E-state index >= 15 is 0 Å². The van der Waals surface area contributed by atoms with Gasteiger partial charge in [-0.05, 0) is 60.0 Å². The van der Waals surface area contributed by atoms with Crippen molar-refractivity contribution >= 4 is 43.0 Å². The summed E-state index contributed by atoms with van der Waals surface area (Å²) in [6.45, 7) is 6.34. The van der Waals surface area contributed by atoms with Gasteiger partial charge in [-0.1, -0.05) is 24.3 Å². The van der Waals surface area contributed by atoms with E-state index in [1.54, 1.807) is 12.1 Å². The van der Waals surface area contributed by atoms with E-state index in [-0.39, 0.29) is 4.21 Å². The number of benzene rings is 1. The van der Waals surface area contributed by atoms with Crippen LogP contribution in [0.1, 0.15) is 22.5 Å². The molecule has 25 heavy (non-hydrogen) atoms. The first-order chi connectivity index (χ1) is 11.8. The number of thiophene rings is 1. The van der Waals surface area contributed by atoms with Crippen LogP contribution >= 0.6 is 27.3 Å². The summed E-state index contributed by atoms with van der Waals surface area (Å²) < 4.78 is 30.7. The molecule has 1 aromatic carbocycles. The Morgan fingerprint density at radius 3 is 2.52 bits per heavy atom. The van der Waals surface area contributed by atoms with Crippen molar-refractivity contribution in [2.24, 2.45) is 0 Å². The topological polar surface area (TPSA) is 64.0 Å². The first kappa shape index (κ1) is 18.2. The standard InChI is InChI=1S/C17H18BrN3O2S2/c1-11-6-4-5-7-14(11)10-21-13(3)17(12(2)19-21)20-25(22,23)16-9-8-15(18)24-16/h4-9,20H,10H2,1-3H3. The zero-order chi connectivity index (χ0) is 18.2. The fourth-order valence-corrected chi connectivity index (χ4v) is 5.76. The minimum atomic E-state index is -3.62. The van der Waals surface area contributed by atoms with Crippen molar-refractivity contribution in [3.63, 3.8) is 0 Å². The van der Waals surface area contributed by atoms with Crippen molar-refractivity contribution in [3.05, 3.63) is 62.7 Å². The SMILES string of the molecule is Cc1ccccc1Cn1nc(C)c(NS(=O)(=O)c2ccc(Br)s2)c1C. The lowest BCUT2D eigenvalue weighted by molar-refractivity contribution is 0.603. The molecule has 2 aromatic heterocycles. The summed E-state index contributed by atoms with van der Waals surface area (Å²) in [5, 5.41) is 4.51. The van der Waals surface area contributed by atoms with Crippen molar-refractivity contribution in [3.8, 4) is 0 Å². The van der Waals surface area contributed by atoms with Gasteiger partial charge in [0.2, 0.25) is 0 Å². The number of anilines is 1. The molecule has 0 saturated carbocycles. The number of halogens is 1. The maximum absolute atomic E-state index is 12.6. The molecule has 0 unspecified atom stereocenters. The van der Waals surface area contributed by atoms with E-state index in [4.69, 9.17) is 0 Å². The summed E-state index contributed by atoms with van der Waals surface area (Å²) in [4.78, 5) is 0. The summed E-state index contributed by atoms with van der Waals surface area (Å²) in [5.41, 5.74) is 4.33. The van der Waals surface area contributed by atoms with Crippen LogP contribution in [-0.2, 0) is 16.6 Å². The molecule has 0 saturated heterocycles. The number of aromatic nitrogens is 2. The second kappa shape index (κ2) is 6.93. The maximum Gasteiger partial charge on any atom is 0.271 e. The summed E-state index contributed by atoms with van der Waals surface area (Å²) in [6.07, 6.45) is 0. The Kier molecular flexibility index (Phi) is 5.04. The van der Waals surface area contributed by atoms with Crippen LogP contribution in [-0.4, -0.2) is 18.2 Å². The first-order valence-corrected chi connectivity index (χ1v) is 10.7. The number of nitrogens with zero attached hydrogens (tertiary/aromatic N) is 2. The van der Waals surface area contributed by atoms with Crippen LogP contribution in [0.2, 0.25) is 0 Å². The smallest absolute Gasteiger partial charge is 0.271 e. The molecule has 8 heteroatoms. The fraction of sp³-hybridized carbons (Fsp3) is 0.235. The van der Waals surface area contributed by atoms with Crippen LogP contribution in [0.15, 0.2) is 44.4 Å². The first-order valence-electron chi connectivity index (χ1n) is 7.64. The predicted molar refractivity (Wildman–Crippen MR) is 105 cm³/mol. The molecule has 0 atom stereocenters. The van der Waals surface area contributed by atoms with Gasteiger partial charge in [-0.3, -0.25) is 9.40 Å². The van der Waals surface area contributed by atoms with E-state index in [2.05, 4.69) is 44.8 Å². The Morgan fingerprint density at radius 2 is 1.88 bits per heavy atom. The van der Waals surface area contributed by atoms with Crippen LogP contribution in [0, 0.1) is 20.8 Å². The Bertz CT molecular complexity index is 1020. The molecular formula is C17H18BrN3O2S2. The predicted octanol–water partition coefficient (Wildman–Crippen LogP) is 4.48. The average molecular weight is 440 g/mol. The molecule has 1 N–H and O–H groups in total. The molecule has 0 aliphatic rings. The second-order valence-electron chi connectivity index (χ2n) is 5.79. The molecule has 132 valence electrons. The van der Waals surface area contributed by atoms with Crippen molar-refractivity contribution in [1.82, 2.24) is 9.78 Å². The zero-order valence-corrected chi connectivity index (χ0v) is 17.3. The monoisotopic (exact) mass is 439 g/mol. The highest BCUT2D eigenvalue weighted by Gasteiger charge is 2.21. The van der Waals surface area contributed by atoms with Crippen molar-refractivity contribution in [2.75, 3.05) is 4.72 Å². The maximum atomic E-state index is 12.6. The van der Waals surface area contributed by atoms with Gasteiger partial charge in [-0.25, -0.2) is 8.42 Å². The number of hydrogen-bond acceptors (Lipinski definition) is 4. The molecule has 2 heterocycles. The molecule has 0 bridgehead atoms. The number of nitrogens with one attached hydrogen (secondary N) is 1. The van der Waals surface area contributed by atoms with Crippen LogP contribution < -0.4 is 4.72 Å². The molecule has 0 amide bonds. The highest BCUT2D eigenvalue weighted by Crippen LogP contribution is 2.29. The normalized spacial score (nSPS) is 11.7. The molecule has 0 aliphatic carbocycles. The minimum absolute atomic E-state index is 0.268. The Balaban J connectivity index is 1.91. The second-order valence-corrected chi connectivity index (χ2v) is 10.2. The molecule has 3 aromatic rings. The van der Waals surface area contributed by atoms with Gasteiger partial charge in [0.15, 0.2) is 0 Å². The van der Waals surface area contributed by atoms with E-state index in [0.717, 1.165) is 15.0 Å². The molecular weight excluding hydrogens is 422 g/mol. The minimum Gasteiger partial charge on any atom is -0.275 e. The molecule has 0 radical (unpaired) electrons. The van der Waals surface area contributed by atoms with Crippen LogP contribution in [0.3, 0.4) is 0 Å². The van der Waals surface area contributed by atoms with Crippen molar-refractivity contribution in [2.45, 2.75) is 31.5 Å². The van der Waals surface area contributed by atoms with Gasteiger partial charge in [-0.2, -0.15) is 5.10 Å². The van der Waals surface area contributed by atoms with Gasteiger partial charge in [0.05, 0.1) is 27.4 Å². The third kappa shape index (κ3) is 3.80. The lowest BCUT2D eigenvalue weighted by Gasteiger charge is -2.09. The van der Waals surface area contributed by atoms with Gasteiger partial charge < -0.3 is 0 Å². The highest BCUT2D eigenvalue weighted by atomic mass is 79.9. The Hall–Kier alpha value is -1.64. The van der Waals surface area contributed by atoms with E-state index in [1.807, 2.05) is 30.7 Å². The van der Waals surface area contributed by atoms with Crippen LogP contribution in [0.4, 0.5) is 5.69 Å². The van der Waals surface area contributed by atoms with E-state index in [0.29, 0.717) is 17.9 Å². The average Bonchev–Trinajstić information content (AvgIpc) is 3.09. The lowest BCUT2D eigenvalue weighted by atomic mass is 10.1. The third-order valence-electron chi connectivity index (χ3n) is 4.01. The molecule has 5 nitrogen and oxygen atoms in total. The van der Waals surface area contributed by atoms with E-state index < -0.39 is 10.0 Å². The summed E-state index contributed by atoms with van der Waals surface area (Å²) in [5.74, 6) is 0. The summed E-state index contributed by atoms with van der Waals surface area (Å²) >= 11 is 4.47. The number of sulfonamides is 1. The number of hydrogen-bond donors (Lipinski definition) is 1. The van der Waals surface area contributed by atoms with Crippen LogP contribution in [0.25, 0.3) is 0 Å². The van der Waals surface area contributed by atoms with Crippen molar-refractivity contribution in [1.29, 1.82) is 0 Å². The fourth-order valence-electron chi connectivity index (χ4n) is 2.57. The van der Waals surface area contributed by atoms with E-state index in [1.165, 1.54) is 16.9 Å². The summed E-state index contributed by atoms with van der Waals surface area (Å²) in [6, 6.07) is 11.4. The van der Waals surface area contributed by atoms with Gasteiger partial charge in [0.25, 0.3) is 10.0 Å². The number of rotatable bonds is 5. The van der Waals surface area contributed by atoms with Gasteiger partial charge in [0.1, 0.15) is 4.21 Å². The van der Waals surface area contributed by atoms with Gasteiger partial charge >= 0.3 is 0 Å². The lowest BCUT2D eigenvalue weighted by Crippen LogP contribution is -2.13. The van der Waals surface area contributed by atoms with E-state index in [9.17, 15) is 8.42 Å². The zero-order valence-electron chi connectivity index (χ0n) is 14.1. The largest absolute Gasteiger partial charge is 0.275 e. The Morgan fingerprint density at radius 1 is 1.16 bits per heavy atom. The molecule has 0 fully saturated rings. The molecule has 0 aliphatic heterocycles. The van der Waals surface area contributed by atoms with Crippen LogP contribution in [0.5, 0.6) is 0 Å². The Labute approximate surface area is 159 Å². The van der Waals surface area contributed by atoms with Crippen molar-refractivity contribution < 1.29 is 8.42 Å². The highest BCUT2D eigenvalue weighted by molar-refractivity contribution is 9.11. The third-order valence-corrected chi connectivity index (χ3v) is 7.48. The number of aryl methyl sites for hydroxylation is 2. The summed E-state index contributed by atoms with van der Waals surface area (Å²) in [7, 11) is -3.62. The quantitative estimate of drug-likeness (QED) is 0.636. The molecule has 0 spiro atoms. The molecule has 3 rings (SSSR count). The van der Waals surface area contributed by atoms with Gasteiger partial charge in [0, 0.05) is 0 Å². The van der Waals surface area contributed by atoms with Gasteiger partial charge in [-0.15, -0.1) is 11.3 Å².